The average Bonchev–Trinajstić information content (AvgIpc) is 2.50. The van der Waals surface area contributed by atoms with Crippen LogP contribution in [0, 0.1) is 10.1 Å². The number of nitro benzene ring substituents is 1. The van der Waals surface area contributed by atoms with Crippen LogP contribution < -0.4 is 21.5 Å². The minimum Gasteiger partial charge on any atom is -0.361 e. The Morgan fingerprint density at radius 1 is 1.27 bits per heavy atom. The minimum atomic E-state index is -0.476. The molecule has 1 aromatic rings. The van der Waals surface area contributed by atoms with E-state index in [1.54, 1.807) is 30.0 Å². The number of hydrazine groups is 1. The molecular weight excluding hydrogens is 342 g/mol. The second-order valence-electron chi connectivity index (χ2n) is 4.08. The zero-order chi connectivity index (χ0) is 16.4. The lowest BCUT2D eigenvalue weighted by Crippen LogP contribution is -2.48. The molecule has 0 atom stereocenters. The van der Waals surface area contributed by atoms with Gasteiger partial charge in [0, 0.05) is 12.6 Å². The van der Waals surface area contributed by atoms with Crippen molar-refractivity contribution in [2.45, 2.75) is 6.42 Å². The molecule has 0 saturated carbocycles. The predicted octanol–water partition coefficient (Wildman–Crippen LogP) is 2.01. The number of nitrogens with one attached hydrogen (secondary N) is 4. The molecule has 0 bridgehead atoms. The summed E-state index contributed by atoms with van der Waals surface area (Å²) in [5.41, 5.74) is 5.65. The number of hydrogen-bond acceptors (Lipinski definition) is 5. The zero-order valence-corrected chi connectivity index (χ0v) is 14.4. The Balaban J connectivity index is 2.38. The van der Waals surface area contributed by atoms with Crippen molar-refractivity contribution in [3.05, 3.63) is 34.4 Å². The van der Waals surface area contributed by atoms with E-state index in [0.29, 0.717) is 10.8 Å². The molecule has 22 heavy (non-hydrogen) atoms. The van der Waals surface area contributed by atoms with E-state index >= 15 is 0 Å². The molecule has 0 fully saturated rings. The highest BCUT2D eigenvalue weighted by Crippen LogP contribution is 2.22. The molecule has 1 aromatic carbocycles. The maximum Gasteiger partial charge on any atom is 0.292 e. The van der Waals surface area contributed by atoms with Crippen molar-refractivity contribution in [2.75, 3.05) is 23.9 Å². The molecule has 0 radical (unpaired) electrons. The molecule has 10 heteroatoms. The van der Waals surface area contributed by atoms with E-state index in [4.69, 9.17) is 24.4 Å². The number of nitro groups is 1. The molecule has 0 amide bonds. The average molecular weight is 360 g/mol. The van der Waals surface area contributed by atoms with Crippen LogP contribution >= 0.6 is 36.2 Å². The lowest BCUT2D eigenvalue weighted by atomic mass is 10.3. The fraction of sp³-hybridized carbons (Fsp3) is 0.333. The molecule has 0 aliphatic rings. The van der Waals surface area contributed by atoms with Gasteiger partial charge < -0.3 is 10.6 Å². The first kappa shape index (κ1) is 18.4. The largest absolute Gasteiger partial charge is 0.361 e. The Morgan fingerprint density at radius 3 is 2.64 bits per heavy atom. The summed E-state index contributed by atoms with van der Waals surface area (Å²) in [4.78, 5) is 10.4. The molecule has 7 nitrogen and oxygen atoms in total. The molecular formula is C12H17N5O2S3. The molecule has 0 aliphatic carbocycles. The molecule has 0 aromatic heterocycles. The highest BCUT2D eigenvalue weighted by Gasteiger charge is 2.12. The SMILES string of the molecule is CSCCCNC(=S)NNC(=S)Nc1ccccc1[N+](=O)[O-]. The molecule has 0 heterocycles. The van der Waals surface area contributed by atoms with E-state index in [-0.39, 0.29) is 10.8 Å². The van der Waals surface area contributed by atoms with Crippen LogP contribution in [0.3, 0.4) is 0 Å². The predicted molar refractivity (Wildman–Crippen MR) is 99.2 cm³/mol. The first-order valence-electron chi connectivity index (χ1n) is 6.37. The Hall–Kier alpha value is -1.65. The van der Waals surface area contributed by atoms with Gasteiger partial charge in [0.2, 0.25) is 0 Å². The summed E-state index contributed by atoms with van der Waals surface area (Å²) < 4.78 is 0. The number of benzene rings is 1. The number of thioether (sulfide) groups is 1. The molecule has 120 valence electrons. The van der Waals surface area contributed by atoms with Gasteiger partial charge in [-0.15, -0.1) is 0 Å². The standard InChI is InChI=1S/C12H17N5O2S3/c1-22-8-4-7-13-11(20)15-16-12(21)14-9-5-2-3-6-10(9)17(18)19/h2-3,5-6H,4,7-8H2,1H3,(H2,13,15,20)(H2,14,16,21). The van der Waals surface area contributed by atoms with Gasteiger partial charge >= 0.3 is 0 Å². The minimum absolute atomic E-state index is 0.0515. The van der Waals surface area contributed by atoms with Gasteiger partial charge in [-0.3, -0.25) is 21.0 Å². The monoisotopic (exact) mass is 359 g/mol. The van der Waals surface area contributed by atoms with E-state index < -0.39 is 4.92 Å². The van der Waals surface area contributed by atoms with E-state index in [2.05, 4.69) is 21.5 Å². The normalized spacial score (nSPS) is 9.68. The number of thiocarbonyl (C=S) groups is 2. The van der Waals surface area contributed by atoms with Gasteiger partial charge in [0.1, 0.15) is 5.69 Å². The Morgan fingerprint density at radius 2 is 1.95 bits per heavy atom. The lowest BCUT2D eigenvalue weighted by Gasteiger charge is -2.14. The van der Waals surface area contributed by atoms with Crippen molar-refractivity contribution >= 4 is 57.8 Å². The van der Waals surface area contributed by atoms with Crippen molar-refractivity contribution in [1.29, 1.82) is 0 Å². The Labute approximate surface area is 143 Å². The fourth-order valence-corrected chi connectivity index (χ4v) is 2.22. The number of para-hydroxylation sites is 2. The van der Waals surface area contributed by atoms with Crippen molar-refractivity contribution in [3.8, 4) is 0 Å². The van der Waals surface area contributed by atoms with Gasteiger partial charge in [-0.25, -0.2) is 0 Å². The topological polar surface area (TPSA) is 91.3 Å². The Bertz CT molecular complexity index is 541. The lowest BCUT2D eigenvalue weighted by molar-refractivity contribution is -0.383. The van der Waals surface area contributed by atoms with Crippen LogP contribution in [-0.4, -0.2) is 33.7 Å². The van der Waals surface area contributed by atoms with E-state index in [0.717, 1.165) is 18.7 Å². The second-order valence-corrected chi connectivity index (χ2v) is 5.88. The van der Waals surface area contributed by atoms with Gasteiger partial charge in [0.05, 0.1) is 4.92 Å². The maximum absolute atomic E-state index is 10.9. The fourth-order valence-electron chi connectivity index (χ4n) is 1.47. The van der Waals surface area contributed by atoms with Crippen molar-refractivity contribution < 1.29 is 4.92 Å². The number of anilines is 1. The zero-order valence-electron chi connectivity index (χ0n) is 11.9. The first-order valence-corrected chi connectivity index (χ1v) is 8.59. The van der Waals surface area contributed by atoms with Crippen molar-refractivity contribution in [2.24, 2.45) is 0 Å². The number of rotatable bonds is 6. The Kier molecular flexibility index (Phi) is 8.48. The maximum atomic E-state index is 10.9. The molecule has 0 unspecified atom stereocenters. The van der Waals surface area contributed by atoms with Gasteiger partial charge in [-0.1, -0.05) is 12.1 Å². The highest BCUT2D eigenvalue weighted by atomic mass is 32.2. The molecule has 0 spiro atoms. The third-order valence-electron chi connectivity index (χ3n) is 2.45. The number of hydrogen-bond donors (Lipinski definition) is 4. The highest BCUT2D eigenvalue weighted by molar-refractivity contribution is 7.98. The smallest absolute Gasteiger partial charge is 0.292 e. The van der Waals surface area contributed by atoms with Crippen LogP contribution in [-0.2, 0) is 0 Å². The third-order valence-corrected chi connectivity index (χ3v) is 3.60. The van der Waals surface area contributed by atoms with Gasteiger partial charge in [0.25, 0.3) is 5.69 Å². The number of nitrogens with zero attached hydrogens (tertiary/aromatic N) is 1. The van der Waals surface area contributed by atoms with Crippen LogP contribution in [0.25, 0.3) is 0 Å². The summed E-state index contributed by atoms with van der Waals surface area (Å²) in [6.45, 7) is 0.763. The second kappa shape index (κ2) is 10.1. The summed E-state index contributed by atoms with van der Waals surface area (Å²) in [6.07, 6.45) is 3.05. The summed E-state index contributed by atoms with van der Waals surface area (Å²) >= 11 is 11.9. The molecule has 0 aliphatic heterocycles. The van der Waals surface area contributed by atoms with Crippen LogP contribution in [0.1, 0.15) is 6.42 Å². The summed E-state index contributed by atoms with van der Waals surface area (Å²) in [6, 6.07) is 6.25. The summed E-state index contributed by atoms with van der Waals surface area (Å²) in [5, 5.41) is 17.3. The molecule has 1 rings (SSSR count). The summed E-state index contributed by atoms with van der Waals surface area (Å²) in [7, 11) is 0. The van der Waals surface area contributed by atoms with Gasteiger partial charge in [-0.05, 0) is 48.9 Å². The quantitative estimate of drug-likeness (QED) is 0.263. The van der Waals surface area contributed by atoms with Crippen LogP contribution in [0.15, 0.2) is 24.3 Å². The summed E-state index contributed by atoms with van der Waals surface area (Å²) in [5.74, 6) is 1.06. The van der Waals surface area contributed by atoms with Crippen LogP contribution in [0.5, 0.6) is 0 Å². The van der Waals surface area contributed by atoms with Crippen LogP contribution in [0.2, 0.25) is 0 Å². The van der Waals surface area contributed by atoms with E-state index in [9.17, 15) is 10.1 Å². The van der Waals surface area contributed by atoms with Crippen molar-refractivity contribution in [3.63, 3.8) is 0 Å². The first-order chi connectivity index (χ1) is 10.5. The van der Waals surface area contributed by atoms with Crippen LogP contribution in [0.4, 0.5) is 11.4 Å². The van der Waals surface area contributed by atoms with E-state index in [1.165, 1.54) is 6.07 Å². The van der Waals surface area contributed by atoms with Crippen molar-refractivity contribution in [1.82, 2.24) is 16.2 Å². The van der Waals surface area contributed by atoms with Gasteiger partial charge in [0.15, 0.2) is 10.2 Å². The molecule has 0 saturated heterocycles. The molecule has 4 N–H and O–H groups in total. The van der Waals surface area contributed by atoms with E-state index in [1.807, 2.05) is 6.26 Å². The third kappa shape index (κ3) is 6.87. The van der Waals surface area contributed by atoms with Gasteiger partial charge in [-0.2, -0.15) is 11.8 Å².